The first-order chi connectivity index (χ1) is 12.6. The van der Waals surface area contributed by atoms with Crippen LogP contribution >= 0.6 is 0 Å². The Morgan fingerprint density at radius 3 is 2.59 bits per heavy atom. The van der Waals surface area contributed by atoms with Crippen LogP contribution in [0.15, 0.2) is 34.9 Å². The molecule has 0 bridgehead atoms. The van der Waals surface area contributed by atoms with Gasteiger partial charge in [-0.05, 0) is 102 Å². The van der Waals surface area contributed by atoms with Gasteiger partial charge in [-0.15, -0.1) is 0 Å². The Morgan fingerprint density at radius 1 is 1.26 bits per heavy atom. The van der Waals surface area contributed by atoms with E-state index < -0.39 is 5.97 Å². The van der Waals surface area contributed by atoms with E-state index >= 15 is 0 Å². The van der Waals surface area contributed by atoms with Crippen LogP contribution in [-0.2, 0) is 4.79 Å². The summed E-state index contributed by atoms with van der Waals surface area (Å²) in [5.41, 5.74) is 4.70. The Labute approximate surface area is 166 Å². The van der Waals surface area contributed by atoms with Crippen molar-refractivity contribution in [3.8, 4) is 0 Å². The number of fused-ring (bicyclic) bond motifs is 1. The van der Waals surface area contributed by atoms with Crippen molar-refractivity contribution >= 4 is 5.97 Å². The summed E-state index contributed by atoms with van der Waals surface area (Å²) in [6.45, 7) is 13.7. The zero-order chi connectivity index (χ0) is 20.2. The molecule has 1 N–H and O–H groups in total. The van der Waals surface area contributed by atoms with Crippen molar-refractivity contribution in [3.05, 3.63) is 34.9 Å². The average Bonchev–Trinajstić information content (AvgIpc) is 2.52. The summed E-state index contributed by atoms with van der Waals surface area (Å²) in [6.07, 6.45) is 15.7. The van der Waals surface area contributed by atoms with Crippen molar-refractivity contribution < 1.29 is 9.90 Å². The van der Waals surface area contributed by atoms with E-state index in [9.17, 15) is 4.79 Å². The standard InChI is InChI=1S/C25H40O2/c1-18(2)9-7-14-24(5)16-13-21-20(4)10-8-15-25(21,6)22(24)12-11-19(3)17-23(26)27/h9-10,17,21-22H,7-8,11-16H2,1-6H3,(H,26,27). The molecular formula is C25H40O2. The van der Waals surface area contributed by atoms with E-state index in [1.54, 1.807) is 5.57 Å². The molecule has 0 heterocycles. The molecule has 2 aliphatic rings. The van der Waals surface area contributed by atoms with Crippen LogP contribution < -0.4 is 0 Å². The second kappa shape index (κ2) is 8.80. The number of carbonyl (C=O) groups is 1. The van der Waals surface area contributed by atoms with Gasteiger partial charge < -0.3 is 5.11 Å². The van der Waals surface area contributed by atoms with Gasteiger partial charge >= 0.3 is 5.97 Å². The van der Waals surface area contributed by atoms with Crippen molar-refractivity contribution in [1.82, 2.24) is 0 Å². The van der Waals surface area contributed by atoms with Gasteiger partial charge in [0, 0.05) is 6.08 Å². The predicted molar refractivity (Wildman–Crippen MR) is 115 cm³/mol. The summed E-state index contributed by atoms with van der Waals surface area (Å²) >= 11 is 0. The number of hydrogen-bond acceptors (Lipinski definition) is 1. The molecule has 4 atom stereocenters. The Hall–Kier alpha value is -1.31. The predicted octanol–water partition coefficient (Wildman–Crippen LogP) is 7.32. The van der Waals surface area contributed by atoms with Gasteiger partial charge in [0.1, 0.15) is 0 Å². The van der Waals surface area contributed by atoms with E-state index in [4.69, 9.17) is 5.11 Å². The third kappa shape index (κ3) is 5.15. The second-order valence-corrected chi connectivity index (χ2v) is 9.98. The van der Waals surface area contributed by atoms with Gasteiger partial charge in [0.15, 0.2) is 0 Å². The molecular weight excluding hydrogens is 332 g/mol. The van der Waals surface area contributed by atoms with Crippen molar-refractivity contribution in [2.45, 2.75) is 92.9 Å². The zero-order valence-corrected chi connectivity index (χ0v) is 18.4. The molecule has 4 unspecified atom stereocenters. The minimum Gasteiger partial charge on any atom is -0.478 e. The fourth-order valence-electron chi connectivity index (χ4n) is 6.19. The molecule has 0 aromatic rings. The van der Waals surface area contributed by atoms with Crippen LogP contribution in [0.25, 0.3) is 0 Å². The van der Waals surface area contributed by atoms with E-state index in [2.05, 4.69) is 46.8 Å². The minimum absolute atomic E-state index is 0.346. The highest BCUT2D eigenvalue weighted by molar-refractivity contribution is 5.80. The van der Waals surface area contributed by atoms with Crippen LogP contribution in [-0.4, -0.2) is 11.1 Å². The summed E-state index contributed by atoms with van der Waals surface area (Å²) in [6, 6.07) is 0. The Balaban J connectivity index is 2.28. The topological polar surface area (TPSA) is 37.3 Å². The van der Waals surface area contributed by atoms with Gasteiger partial charge in [-0.25, -0.2) is 4.79 Å². The number of carboxylic acids is 1. The van der Waals surface area contributed by atoms with Crippen molar-refractivity contribution in [2.24, 2.45) is 22.7 Å². The smallest absolute Gasteiger partial charge is 0.328 e. The van der Waals surface area contributed by atoms with E-state index in [0.717, 1.165) is 24.8 Å². The lowest BCUT2D eigenvalue weighted by molar-refractivity contribution is -0.131. The third-order valence-corrected chi connectivity index (χ3v) is 7.60. The van der Waals surface area contributed by atoms with Crippen molar-refractivity contribution in [1.29, 1.82) is 0 Å². The molecule has 2 aliphatic carbocycles. The first kappa shape index (κ1) is 22.0. The van der Waals surface area contributed by atoms with Crippen molar-refractivity contribution in [2.75, 3.05) is 0 Å². The average molecular weight is 373 g/mol. The number of allylic oxidation sites excluding steroid dienone is 5. The number of aliphatic carboxylic acids is 1. The largest absolute Gasteiger partial charge is 0.478 e. The fourth-order valence-corrected chi connectivity index (χ4v) is 6.19. The quantitative estimate of drug-likeness (QED) is 0.375. The number of hydrogen-bond donors (Lipinski definition) is 1. The maximum Gasteiger partial charge on any atom is 0.328 e. The van der Waals surface area contributed by atoms with Crippen LogP contribution in [0.2, 0.25) is 0 Å². The normalized spacial score (nSPS) is 33.9. The lowest BCUT2D eigenvalue weighted by Crippen LogP contribution is -2.50. The Bertz CT molecular complexity index is 635. The summed E-state index contributed by atoms with van der Waals surface area (Å²) in [7, 11) is 0. The third-order valence-electron chi connectivity index (χ3n) is 7.60. The Morgan fingerprint density at radius 2 is 1.96 bits per heavy atom. The van der Waals surface area contributed by atoms with Gasteiger partial charge in [-0.3, -0.25) is 0 Å². The molecule has 2 heteroatoms. The summed E-state index contributed by atoms with van der Waals surface area (Å²) < 4.78 is 0. The Kier molecular flexibility index (Phi) is 7.16. The minimum atomic E-state index is -0.817. The van der Waals surface area contributed by atoms with E-state index in [-0.39, 0.29) is 0 Å². The second-order valence-electron chi connectivity index (χ2n) is 9.98. The van der Waals surface area contributed by atoms with E-state index in [0.29, 0.717) is 22.7 Å². The highest BCUT2D eigenvalue weighted by atomic mass is 16.4. The maximum atomic E-state index is 11.0. The number of carboxylic acid groups (broad SMARTS) is 1. The van der Waals surface area contributed by atoms with Gasteiger partial charge in [-0.2, -0.15) is 0 Å². The molecule has 0 amide bonds. The van der Waals surface area contributed by atoms with Crippen LogP contribution in [0.1, 0.15) is 92.9 Å². The SMILES string of the molecule is CC(C)=CCCC1(C)CCC2C(C)=CCCC2(C)C1CCC(C)=CC(=O)O. The number of rotatable bonds is 7. The van der Waals surface area contributed by atoms with Gasteiger partial charge in [-0.1, -0.05) is 42.7 Å². The molecule has 1 fully saturated rings. The lowest BCUT2D eigenvalue weighted by Gasteiger charge is -2.58. The molecule has 0 saturated heterocycles. The summed E-state index contributed by atoms with van der Waals surface area (Å²) in [5, 5.41) is 9.07. The van der Waals surface area contributed by atoms with Crippen LogP contribution in [0.4, 0.5) is 0 Å². The van der Waals surface area contributed by atoms with Gasteiger partial charge in [0.25, 0.3) is 0 Å². The molecule has 0 aromatic carbocycles. The van der Waals surface area contributed by atoms with E-state index in [1.165, 1.54) is 43.8 Å². The summed E-state index contributed by atoms with van der Waals surface area (Å²) in [4.78, 5) is 11.0. The molecule has 0 radical (unpaired) electrons. The van der Waals surface area contributed by atoms with Gasteiger partial charge in [0.2, 0.25) is 0 Å². The highest BCUT2D eigenvalue weighted by Gasteiger charge is 2.53. The van der Waals surface area contributed by atoms with Crippen LogP contribution in [0, 0.1) is 22.7 Å². The fraction of sp³-hybridized carbons (Fsp3) is 0.720. The van der Waals surface area contributed by atoms with Crippen LogP contribution in [0.5, 0.6) is 0 Å². The molecule has 0 spiro atoms. The monoisotopic (exact) mass is 372 g/mol. The first-order valence-electron chi connectivity index (χ1n) is 10.8. The molecule has 27 heavy (non-hydrogen) atoms. The van der Waals surface area contributed by atoms with Crippen molar-refractivity contribution in [3.63, 3.8) is 0 Å². The molecule has 2 nitrogen and oxygen atoms in total. The molecule has 0 aromatic heterocycles. The van der Waals surface area contributed by atoms with Gasteiger partial charge in [0.05, 0.1) is 0 Å². The maximum absolute atomic E-state index is 11.0. The molecule has 1 saturated carbocycles. The summed E-state index contributed by atoms with van der Waals surface area (Å²) in [5.74, 6) is 0.537. The zero-order valence-electron chi connectivity index (χ0n) is 18.4. The van der Waals surface area contributed by atoms with E-state index in [1.807, 2.05) is 6.92 Å². The first-order valence-corrected chi connectivity index (χ1v) is 10.8. The lowest BCUT2D eigenvalue weighted by atomic mass is 9.46. The highest BCUT2D eigenvalue weighted by Crippen LogP contribution is 2.62. The molecule has 2 rings (SSSR count). The molecule has 152 valence electrons. The van der Waals surface area contributed by atoms with Crippen LogP contribution in [0.3, 0.4) is 0 Å². The molecule has 0 aliphatic heterocycles.